The van der Waals surface area contributed by atoms with E-state index in [0.29, 0.717) is 12.1 Å². The Morgan fingerprint density at radius 1 is 1.53 bits per heavy atom. The topological polar surface area (TPSA) is 33.2 Å². The maximum Gasteiger partial charge on any atom is 0.255 e. The molecule has 0 unspecified atom stereocenters. The Hall–Kier alpha value is -1.45. The van der Waals surface area contributed by atoms with Crippen LogP contribution in [0.4, 0.5) is 4.39 Å². The number of carbonyl (C=O) groups excluding carboxylic acids is 1. The molecule has 3 nitrogen and oxygen atoms in total. The summed E-state index contributed by atoms with van der Waals surface area (Å²) < 4.78 is 12.6. The molecule has 1 aromatic heterocycles. The van der Waals surface area contributed by atoms with Gasteiger partial charge in [0, 0.05) is 18.8 Å². The zero-order chi connectivity index (χ0) is 11.4. The first-order valence-corrected chi connectivity index (χ1v) is 4.98. The van der Waals surface area contributed by atoms with E-state index in [4.69, 9.17) is 0 Å². The Balaban J connectivity index is 2.88. The van der Waals surface area contributed by atoms with Crippen LogP contribution in [0.25, 0.3) is 0 Å². The van der Waals surface area contributed by atoms with Gasteiger partial charge in [-0.15, -0.1) is 0 Å². The highest BCUT2D eigenvalue weighted by molar-refractivity contribution is 5.94. The van der Waals surface area contributed by atoms with Crippen LogP contribution in [-0.2, 0) is 0 Å². The number of rotatable bonds is 3. The van der Waals surface area contributed by atoms with E-state index in [0.717, 1.165) is 0 Å². The molecule has 82 valence electrons. The zero-order valence-corrected chi connectivity index (χ0v) is 9.20. The van der Waals surface area contributed by atoms with Gasteiger partial charge in [-0.3, -0.25) is 4.79 Å². The van der Waals surface area contributed by atoms with Gasteiger partial charge >= 0.3 is 0 Å². The van der Waals surface area contributed by atoms with Crippen LogP contribution in [-0.4, -0.2) is 28.4 Å². The molecule has 4 heteroatoms. The molecule has 0 aliphatic heterocycles. The van der Waals surface area contributed by atoms with Gasteiger partial charge in [-0.1, -0.05) is 0 Å². The van der Waals surface area contributed by atoms with Crippen LogP contribution in [0.2, 0.25) is 0 Å². The predicted molar refractivity (Wildman–Crippen MR) is 56.0 cm³/mol. The maximum atomic E-state index is 12.6. The van der Waals surface area contributed by atoms with Gasteiger partial charge in [0.25, 0.3) is 5.91 Å². The summed E-state index contributed by atoms with van der Waals surface area (Å²) in [5, 5.41) is 0. The Bertz CT molecular complexity index is 335. The zero-order valence-electron chi connectivity index (χ0n) is 9.20. The van der Waals surface area contributed by atoms with E-state index >= 15 is 0 Å². The first-order chi connectivity index (χ1) is 7.06. The van der Waals surface area contributed by atoms with Gasteiger partial charge < -0.3 is 4.90 Å². The molecule has 1 heterocycles. The van der Waals surface area contributed by atoms with Crippen molar-refractivity contribution < 1.29 is 9.18 Å². The van der Waals surface area contributed by atoms with Gasteiger partial charge in [0.2, 0.25) is 5.95 Å². The monoisotopic (exact) mass is 210 g/mol. The lowest BCUT2D eigenvalue weighted by atomic mass is 10.2. The molecule has 0 fully saturated rings. The normalized spacial score (nSPS) is 10.5. The number of nitrogens with zero attached hydrogens (tertiary/aromatic N) is 2. The van der Waals surface area contributed by atoms with Crippen LogP contribution in [0.1, 0.15) is 31.1 Å². The van der Waals surface area contributed by atoms with Crippen LogP contribution in [0.15, 0.2) is 18.3 Å². The van der Waals surface area contributed by atoms with Crippen molar-refractivity contribution in [1.82, 2.24) is 9.88 Å². The Kier molecular flexibility index (Phi) is 3.77. The highest BCUT2D eigenvalue weighted by Gasteiger charge is 2.16. The van der Waals surface area contributed by atoms with E-state index in [2.05, 4.69) is 4.98 Å². The van der Waals surface area contributed by atoms with Gasteiger partial charge in [-0.05, 0) is 32.9 Å². The molecule has 15 heavy (non-hydrogen) atoms. The molecule has 1 amide bonds. The summed E-state index contributed by atoms with van der Waals surface area (Å²) in [6.45, 7) is 6.43. The molecular formula is C11H15FN2O. The standard InChI is InChI=1S/C11H15FN2O/c1-4-14(8(2)3)11(15)9-5-6-10(12)13-7-9/h5-8H,4H2,1-3H3. The van der Waals surface area contributed by atoms with Crippen molar-refractivity contribution in [1.29, 1.82) is 0 Å². The van der Waals surface area contributed by atoms with Gasteiger partial charge in [0.1, 0.15) is 0 Å². The molecular weight excluding hydrogens is 195 g/mol. The van der Waals surface area contributed by atoms with Crippen LogP contribution < -0.4 is 0 Å². The van der Waals surface area contributed by atoms with Crippen molar-refractivity contribution in [2.75, 3.05) is 6.54 Å². The highest BCUT2D eigenvalue weighted by Crippen LogP contribution is 2.07. The molecule has 0 N–H and O–H groups in total. The van der Waals surface area contributed by atoms with Crippen LogP contribution >= 0.6 is 0 Å². The summed E-state index contributed by atoms with van der Waals surface area (Å²) in [6.07, 6.45) is 1.27. The predicted octanol–water partition coefficient (Wildman–Crippen LogP) is 2.09. The minimum atomic E-state index is -0.570. The third-order valence-corrected chi connectivity index (χ3v) is 2.20. The molecule has 1 rings (SSSR count). The van der Waals surface area contributed by atoms with E-state index < -0.39 is 5.95 Å². The van der Waals surface area contributed by atoms with Crippen LogP contribution in [0.3, 0.4) is 0 Å². The van der Waals surface area contributed by atoms with Crippen molar-refractivity contribution >= 4 is 5.91 Å². The second-order valence-corrected chi connectivity index (χ2v) is 3.55. The molecule has 1 aromatic rings. The Labute approximate surface area is 88.9 Å². The fourth-order valence-corrected chi connectivity index (χ4v) is 1.41. The van der Waals surface area contributed by atoms with Crippen molar-refractivity contribution in [3.05, 3.63) is 29.8 Å². The lowest BCUT2D eigenvalue weighted by Crippen LogP contribution is -2.36. The molecule has 0 aromatic carbocycles. The lowest BCUT2D eigenvalue weighted by Gasteiger charge is -2.24. The fourth-order valence-electron chi connectivity index (χ4n) is 1.41. The first-order valence-electron chi connectivity index (χ1n) is 4.98. The van der Waals surface area contributed by atoms with Gasteiger partial charge in [-0.2, -0.15) is 4.39 Å². The molecule has 0 spiro atoms. The summed E-state index contributed by atoms with van der Waals surface area (Å²) in [7, 11) is 0. The quantitative estimate of drug-likeness (QED) is 0.716. The summed E-state index contributed by atoms with van der Waals surface area (Å²) in [4.78, 5) is 17.1. The van der Waals surface area contributed by atoms with E-state index in [1.807, 2.05) is 20.8 Å². The number of pyridine rings is 1. The second-order valence-electron chi connectivity index (χ2n) is 3.55. The van der Waals surface area contributed by atoms with Gasteiger partial charge in [0.15, 0.2) is 0 Å². The minimum absolute atomic E-state index is 0.111. The van der Waals surface area contributed by atoms with E-state index in [-0.39, 0.29) is 11.9 Å². The van der Waals surface area contributed by atoms with Crippen molar-refractivity contribution in [2.24, 2.45) is 0 Å². The van der Waals surface area contributed by atoms with Crippen LogP contribution in [0, 0.1) is 5.95 Å². The molecule has 0 radical (unpaired) electrons. The SMILES string of the molecule is CCN(C(=O)c1ccc(F)nc1)C(C)C. The van der Waals surface area contributed by atoms with Crippen LogP contribution in [0.5, 0.6) is 0 Å². The van der Waals surface area contributed by atoms with E-state index in [9.17, 15) is 9.18 Å². The summed E-state index contributed by atoms with van der Waals surface area (Å²) in [6, 6.07) is 2.78. The minimum Gasteiger partial charge on any atom is -0.336 e. The second kappa shape index (κ2) is 4.87. The first kappa shape index (κ1) is 11.6. The van der Waals surface area contributed by atoms with Crippen molar-refractivity contribution in [3.63, 3.8) is 0 Å². The largest absolute Gasteiger partial charge is 0.336 e. The molecule has 0 aliphatic rings. The average molecular weight is 210 g/mol. The maximum absolute atomic E-state index is 12.6. The molecule has 0 aliphatic carbocycles. The number of amides is 1. The molecule has 0 saturated heterocycles. The fraction of sp³-hybridized carbons (Fsp3) is 0.455. The van der Waals surface area contributed by atoms with Crippen molar-refractivity contribution in [2.45, 2.75) is 26.8 Å². The molecule has 0 bridgehead atoms. The average Bonchev–Trinajstić information content (AvgIpc) is 2.19. The third-order valence-electron chi connectivity index (χ3n) is 2.20. The molecule has 0 saturated carbocycles. The van der Waals surface area contributed by atoms with Gasteiger partial charge in [-0.25, -0.2) is 4.98 Å². The smallest absolute Gasteiger partial charge is 0.255 e. The number of halogens is 1. The summed E-state index contributed by atoms with van der Waals surface area (Å²) in [5.74, 6) is -0.681. The number of carbonyl (C=O) groups is 1. The number of hydrogen-bond acceptors (Lipinski definition) is 2. The van der Waals surface area contributed by atoms with E-state index in [1.165, 1.54) is 18.3 Å². The number of hydrogen-bond donors (Lipinski definition) is 0. The van der Waals surface area contributed by atoms with Gasteiger partial charge in [0.05, 0.1) is 5.56 Å². The van der Waals surface area contributed by atoms with Crippen molar-refractivity contribution in [3.8, 4) is 0 Å². The van der Waals surface area contributed by atoms with E-state index in [1.54, 1.807) is 4.90 Å². The Morgan fingerprint density at radius 2 is 2.20 bits per heavy atom. The lowest BCUT2D eigenvalue weighted by molar-refractivity contribution is 0.0716. The summed E-state index contributed by atoms with van der Waals surface area (Å²) in [5.41, 5.74) is 0.423. The Morgan fingerprint density at radius 3 is 2.60 bits per heavy atom. The highest BCUT2D eigenvalue weighted by atomic mass is 19.1. The number of aromatic nitrogens is 1. The third kappa shape index (κ3) is 2.75. The summed E-state index contributed by atoms with van der Waals surface area (Å²) >= 11 is 0. The molecule has 0 atom stereocenters.